The van der Waals surface area contributed by atoms with Gasteiger partial charge in [-0.05, 0) is 36.1 Å². The highest BCUT2D eigenvalue weighted by Crippen LogP contribution is 2.27. The molecule has 3 aromatic rings. The summed E-state index contributed by atoms with van der Waals surface area (Å²) in [4.78, 5) is 12.7. The molecule has 3 aromatic carbocycles. The number of sulfonamides is 1. The van der Waals surface area contributed by atoms with Crippen LogP contribution in [0.15, 0.2) is 65.6 Å². The number of carbonyl (C=O) groups excluding carboxylic acids is 1. The van der Waals surface area contributed by atoms with Gasteiger partial charge >= 0.3 is 5.97 Å². The van der Waals surface area contributed by atoms with E-state index >= 15 is 0 Å². The van der Waals surface area contributed by atoms with Crippen molar-refractivity contribution in [2.75, 3.05) is 14.1 Å². The van der Waals surface area contributed by atoms with E-state index in [1.165, 1.54) is 20.2 Å². The quantitative estimate of drug-likeness (QED) is 0.520. The van der Waals surface area contributed by atoms with Crippen molar-refractivity contribution in [3.8, 4) is 5.75 Å². The van der Waals surface area contributed by atoms with Gasteiger partial charge in [0.2, 0.25) is 10.0 Å². The van der Waals surface area contributed by atoms with Gasteiger partial charge < -0.3 is 4.74 Å². The Labute approximate surface area is 152 Å². The number of carbonyl (C=O) groups is 1. The molecule has 0 fully saturated rings. The minimum atomic E-state index is -3.65. The number of hydrogen-bond donors (Lipinski definition) is 0. The van der Waals surface area contributed by atoms with Gasteiger partial charge in [0, 0.05) is 19.5 Å². The lowest BCUT2D eigenvalue weighted by Crippen LogP contribution is -2.23. The molecule has 0 aliphatic rings. The number of esters is 1. The van der Waals surface area contributed by atoms with E-state index in [0.717, 1.165) is 15.1 Å². The lowest BCUT2D eigenvalue weighted by Gasteiger charge is -2.14. The second-order valence-electron chi connectivity index (χ2n) is 6.13. The fourth-order valence-electron chi connectivity index (χ4n) is 2.65. The van der Waals surface area contributed by atoms with Crippen LogP contribution in [0.25, 0.3) is 10.8 Å². The van der Waals surface area contributed by atoms with Crippen molar-refractivity contribution < 1.29 is 17.9 Å². The second kappa shape index (κ2) is 6.90. The molecule has 134 valence electrons. The predicted molar refractivity (Wildman–Crippen MR) is 101 cm³/mol. The molecule has 0 unspecified atom stereocenters. The van der Waals surface area contributed by atoms with E-state index in [1.54, 1.807) is 25.1 Å². The van der Waals surface area contributed by atoms with Crippen LogP contribution >= 0.6 is 0 Å². The zero-order valence-electron chi connectivity index (χ0n) is 14.8. The average Bonchev–Trinajstić information content (AvgIpc) is 2.62. The van der Waals surface area contributed by atoms with Crippen molar-refractivity contribution in [1.29, 1.82) is 0 Å². The molecule has 6 heteroatoms. The highest BCUT2D eigenvalue weighted by molar-refractivity contribution is 7.89. The van der Waals surface area contributed by atoms with Crippen molar-refractivity contribution in [3.63, 3.8) is 0 Å². The Morgan fingerprint density at radius 1 is 0.962 bits per heavy atom. The molecule has 0 aromatic heterocycles. The van der Waals surface area contributed by atoms with E-state index in [1.807, 2.05) is 36.4 Å². The first-order chi connectivity index (χ1) is 12.3. The monoisotopic (exact) mass is 369 g/mol. The van der Waals surface area contributed by atoms with Crippen molar-refractivity contribution in [2.45, 2.75) is 11.8 Å². The maximum atomic E-state index is 12.6. The summed E-state index contributed by atoms with van der Waals surface area (Å²) in [7, 11) is -0.737. The van der Waals surface area contributed by atoms with Crippen LogP contribution in [0.5, 0.6) is 5.75 Å². The SMILES string of the molecule is Cc1ccc(C(=O)Oc2cccc3ccccc23)cc1S(=O)(=O)N(C)C. The fraction of sp³-hybridized carbons (Fsp3) is 0.150. The predicted octanol–water partition coefficient (Wildman–Crippen LogP) is 3.62. The summed E-state index contributed by atoms with van der Waals surface area (Å²) in [5, 5.41) is 1.77. The van der Waals surface area contributed by atoms with Crippen LogP contribution in [-0.2, 0) is 10.0 Å². The zero-order chi connectivity index (χ0) is 18.9. The summed E-state index contributed by atoms with van der Waals surface area (Å²) < 4.78 is 31.5. The van der Waals surface area contributed by atoms with Gasteiger partial charge in [-0.1, -0.05) is 42.5 Å². The Morgan fingerprint density at radius 3 is 2.38 bits per heavy atom. The minimum absolute atomic E-state index is 0.0925. The number of aryl methyl sites for hydroxylation is 1. The van der Waals surface area contributed by atoms with E-state index < -0.39 is 16.0 Å². The standard InChI is InChI=1S/C20H19NO4S/c1-14-11-12-16(13-19(14)26(23,24)21(2)3)20(22)25-18-10-6-8-15-7-4-5-9-17(15)18/h4-13H,1-3H3. The molecule has 5 nitrogen and oxygen atoms in total. The van der Waals surface area contributed by atoms with Gasteiger partial charge in [-0.3, -0.25) is 0 Å². The van der Waals surface area contributed by atoms with Gasteiger partial charge in [0.15, 0.2) is 0 Å². The molecule has 0 bridgehead atoms. The van der Waals surface area contributed by atoms with Gasteiger partial charge in [-0.15, -0.1) is 0 Å². The fourth-order valence-corrected chi connectivity index (χ4v) is 3.79. The number of benzene rings is 3. The molecule has 0 spiro atoms. The Hall–Kier alpha value is -2.70. The molecule has 3 rings (SSSR count). The van der Waals surface area contributed by atoms with E-state index in [2.05, 4.69) is 0 Å². The maximum Gasteiger partial charge on any atom is 0.343 e. The third-order valence-electron chi connectivity index (χ3n) is 4.13. The van der Waals surface area contributed by atoms with Crippen molar-refractivity contribution >= 4 is 26.8 Å². The molecule has 0 N–H and O–H groups in total. The first kappa shape index (κ1) is 18.1. The number of nitrogens with zero attached hydrogens (tertiary/aromatic N) is 1. The molecule has 26 heavy (non-hydrogen) atoms. The van der Waals surface area contributed by atoms with Crippen LogP contribution in [0.4, 0.5) is 0 Å². The van der Waals surface area contributed by atoms with Crippen LogP contribution < -0.4 is 4.74 Å². The van der Waals surface area contributed by atoms with E-state index in [0.29, 0.717) is 11.3 Å². The Kier molecular flexibility index (Phi) is 4.80. The highest BCUT2D eigenvalue weighted by Gasteiger charge is 2.22. The number of hydrogen-bond acceptors (Lipinski definition) is 4. The highest BCUT2D eigenvalue weighted by atomic mass is 32.2. The third kappa shape index (κ3) is 3.34. The van der Waals surface area contributed by atoms with Crippen molar-refractivity contribution in [2.24, 2.45) is 0 Å². The average molecular weight is 369 g/mol. The van der Waals surface area contributed by atoms with Crippen LogP contribution in [-0.4, -0.2) is 32.8 Å². The van der Waals surface area contributed by atoms with E-state index in [4.69, 9.17) is 4.74 Å². The summed E-state index contributed by atoms with van der Waals surface area (Å²) in [6, 6.07) is 17.6. The van der Waals surface area contributed by atoms with Gasteiger partial charge in [0.1, 0.15) is 5.75 Å². The van der Waals surface area contributed by atoms with Crippen LogP contribution in [0.2, 0.25) is 0 Å². The normalized spacial score (nSPS) is 11.7. The van der Waals surface area contributed by atoms with E-state index in [9.17, 15) is 13.2 Å². The summed E-state index contributed by atoms with van der Waals surface area (Å²) in [6.45, 7) is 1.69. The maximum absolute atomic E-state index is 12.6. The van der Waals surface area contributed by atoms with E-state index in [-0.39, 0.29) is 10.5 Å². The first-order valence-corrected chi connectivity index (χ1v) is 9.48. The summed E-state index contributed by atoms with van der Waals surface area (Å²) in [5.41, 5.74) is 0.754. The number of rotatable bonds is 4. The third-order valence-corrected chi connectivity index (χ3v) is 6.09. The largest absolute Gasteiger partial charge is 0.422 e. The van der Waals surface area contributed by atoms with Crippen molar-refractivity contribution in [1.82, 2.24) is 4.31 Å². The smallest absolute Gasteiger partial charge is 0.343 e. The van der Waals surface area contributed by atoms with Crippen molar-refractivity contribution in [3.05, 3.63) is 71.8 Å². The zero-order valence-corrected chi connectivity index (χ0v) is 15.6. The number of ether oxygens (including phenoxy) is 1. The number of fused-ring (bicyclic) bond motifs is 1. The molecule has 0 atom stereocenters. The Balaban J connectivity index is 1.98. The topological polar surface area (TPSA) is 63.7 Å². The van der Waals surface area contributed by atoms with Crippen LogP contribution in [0.3, 0.4) is 0 Å². The van der Waals surface area contributed by atoms with Gasteiger partial charge in [0.05, 0.1) is 10.5 Å². The van der Waals surface area contributed by atoms with Crippen LogP contribution in [0, 0.1) is 6.92 Å². The van der Waals surface area contributed by atoms with Gasteiger partial charge in [-0.2, -0.15) is 0 Å². The molecule has 0 saturated carbocycles. The molecule has 0 radical (unpaired) electrons. The molecule has 0 saturated heterocycles. The molecule has 0 heterocycles. The lowest BCUT2D eigenvalue weighted by atomic mass is 10.1. The van der Waals surface area contributed by atoms with Gasteiger partial charge in [-0.25, -0.2) is 17.5 Å². The minimum Gasteiger partial charge on any atom is -0.422 e. The Bertz CT molecular complexity index is 1080. The van der Waals surface area contributed by atoms with Gasteiger partial charge in [0.25, 0.3) is 0 Å². The summed E-state index contributed by atoms with van der Waals surface area (Å²) in [6.07, 6.45) is 0. The van der Waals surface area contributed by atoms with Crippen LogP contribution in [0.1, 0.15) is 15.9 Å². The molecule has 0 aliphatic heterocycles. The Morgan fingerprint density at radius 2 is 1.65 bits per heavy atom. The lowest BCUT2D eigenvalue weighted by molar-refractivity contribution is 0.0737. The first-order valence-electron chi connectivity index (χ1n) is 8.04. The summed E-state index contributed by atoms with van der Waals surface area (Å²) >= 11 is 0. The molecular formula is C20H19NO4S. The molecule has 0 amide bonds. The molecular weight excluding hydrogens is 350 g/mol. The molecule has 0 aliphatic carbocycles. The second-order valence-corrected chi connectivity index (χ2v) is 8.25. The summed E-state index contributed by atoms with van der Waals surface area (Å²) in [5.74, 6) is -0.165.